The number of hydrogen-bond acceptors (Lipinski definition) is 2. The number of carbonyl (C=O) groups is 1. The molecule has 1 rings (SSSR count). The van der Waals surface area contributed by atoms with E-state index in [9.17, 15) is 9.18 Å². The standard InChI is InChI=1S/C14H20ClFN2O/c1-3-18(4-2)14(19)7-8-17-10-11-5-6-13(16)12(15)9-11/h5-6,9,17H,3-4,7-8,10H2,1-2H3. The maximum Gasteiger partial charge on any atom is 0.223 e. The third-order valence-electron chi connectivity index (χ3n) is 2.94. The van der Waals surface area contributed by atoms with E-state index in [4.69, 9.17) is 11.6 Å². The molecule has 0 aromatic heterocycles. The molecule has 19 heavy (non-hydrogen) atoms. The molecular weight excluding hydrogens is 267 g/mol. The first-order valence-electron chi connectivity index (χ1n) is 6.50. The van der Waals surface area contributed by atoms with Crippen LogP contribution in [0, 0.1) is 5.82 Å². The first-order chi connectivity index (χ1) is 9.08. The maximum absolute atomic E-state index is 13.0. The first kappa shape index (κ1) is 15.9. The van der Waals surface area contributed by atoms with Crippen LogP contribution in [0.5, 0.6) is 0 Å². The molecule has 1 amide bonds. The summed E-state index contributed by atoms with van der Waals surface area (Å²) >= 11 is 5.69. The number of carbonyl (C=O) groups excluding carboxylic acids is 1. The van der Waals surface area contributed by atoms with Crippen LogP contribution in [0.2, 0.25) is 5.02 Å². The molecule has 1 aromatic rings. The lowest BCUT2D eigenvalue weighted by molar-refractivity contribution is -0.130. The van der Waals surface area contributed by atoms with E-state index >= 15 is 0 Å². The Morgan fingerprint density at radius 1 is 1.37 bits per heavy atom. The van der Waals surface area contributed by atoms with Gasteiger partial charge in [0.25, 0.3) is 0 Å². The highest BCUT2D eigenvalue weighted by atomic mass is 35.5. The monoisotopic (exact) mass is 286 g/mol. The topological polar surface area (TPSA) is 32.3 Å². The second kappa shape index (κ2) is 8.12. The van der Waals surface area contributed by atoms with Crippen LogP contribution >= 0.6 is 11.6 Å². The predicted molar refractivity (Wildman–Crippen MR) is 75.7 cm³/mol. The molecule has 5 heteroatoms. The van der Waals surface area contributed by atoms with Crippen molar-refractivity contribution in [2.75, 3.05) is 19.6 Å². The van der Waals surface area contributed by atoms with Crippen LogP contribution in [-0.2, 0) is 11.3 Å². The quantitative estimate of drug-likeness (QED) is 0.782. The number of nitrogens with one attached hydrogen (secondary N) is 1. The molecule has 0 heterocycles. The zero-order valence-electron chi connectivity index (χ0n) is 11.4. The molecule has 0 unspecified atom stereocenters. The highest BCUT2D eigenvalue weighted by Gasteiger charge is 2.08. The molecular formula is C14H20ClFN2O. The van der Waals surface area contributed by atoms with Crippen molar-refractivity contribution in [3.63, 3.8) is 0 Å². The van der Waals surface area contributed by atoms with Gasteiger partial charge in [-0.15, -0.1) is 0 Å². The van der Waals surface area contributed by atoms with Gasteiger partial charge in [-0.25, -0.2) is 4.39 Å². The van der Waals surface area contributed by atoms with Gasteiger partial charge in [-0.05, 0) is 31.5 Å². The Balaban J connectivity index is 2.31. The molecule has 0 spiro atoms. The fraction of sp³-hybridized carbons (Fsp3) is 0.500. The van der Waals surface area contributed by atoms with E-state index in [0.29, 0.717) is 19.5 Å². The maximum atomic E-state index is 13.0. The Morgan fingerprint density at radius 2 is 2.05 bits per heavy atom. The Bertz CT molecular complexity index is 422. The van der Waals surface area contributed by atoms with E-state index in [2.05, 4.69) is 5.32 Å². The van der Waals surface area contributed by atoms with Crippen LogP contribution in [-0.4, -0.2) is 30.4 Å². The summed E-state index contributed by atoms with van der Waals surface area (Å²) in [5.41, 5.74) is 0.904. The van der Waals surface area contributed by atoms with E-state index in [-0.39, 0.29) is 10.9 Å². The minimum Gasteiger partial charge on any atom is -0.343 e. The Morgan fingerprint density at radius 3 is 2.63 bits per heavy atom. The molecule has 1 aromatic carbocycles. The summed E-state index contributed by atoms with van der Waals surface area (Å²) in [6.07, 6.45) is 0.469. The molecule has 0 aliphatic rings. The van der Waals surface area contributed by atoms with Crippen molar-refractivity contribution >= 4 is 17.5 Å². The minimum absolute atomic E-state index is 0.124. The van der Waals surface area contributed by atoms with Gasteiger partial charge in [0.15, 0.2) is 0 Å². The van der Waals surface area contributed by atoms with E-state index in [1.807, 2.05) is 13.8 Å². The molecule has 0 radical (unpaired) electrons. The number of benzene rings is 1. The average Bonchev–Trinajstić information content (AvgIpc) is 2.40. The lowest BCUT2D eigenvalue weighted by atomic mass is 10.2. The van der Waals surface area contributed by atoms with Gasteiger partial charge in [0.05, 0.1) is 5.02 Å². The Kier molecular flexibility index (Phi) is 6.81. The normalized spacial score (nSPS) is 10.5. The van der Waals surface area contributed by atoms with Crippen molar-refractivity contribution in [3.05, 3.63) is 34.6 Å². The summed E-state index contributed by atoms with van der Waals surface area (Å²) in [4.78, 5) is 13.5. The first-order valence-corrected chi connectivity index (χ1v) is 6.88. The average molecular weight is 287 g/mol. The second-order valence-corrected chi connectivity index (χ2v) is 4.65. The zero-order valence-corrected chi connectivity index (χ0v) is 12.1. The third-order valence-corrected chi connectivity index (χ3v) is 3.23. The summed E-state index contributed by atoms with van der Waals surface area (Å²) in [7, 11) is 0. The van der Waals surface area contributed by atoms with Crippen molar-refractivity contribution in [2.45, 2.75) is 26.8 Å². The van der Waals surface area contributed by atoms with Crippen molar-refractivity contribution in [1.29, 1.82) is 0 Å². The van der Waals surface area contributed by atoms with Crippen molar-refractivity contribution < 1.29 is 9.18 Å². The number of amides is 1. The van der Waals surface area contributed by atoms with Crippen molar-refractivity contribution in [1.82, 2.24) is 10.2 Å². The lowest BCUT2D eigenvalue weighted by Crippen LogP contribution is -2.32. The van der Waals surface area contributed by atoms with E-state index < -0.39 is 5.82 Å². The van der Waals surface area contributed by atoms with Crippen LogP contribution in [0.15, 0.2) is 18.2 Å². The summed E-state index contributed by atoms with van der Waals surface area (Å²) < 4.78 is 13.0. The van der Waals surface area contributed by atoms with Gasteiger partial charge in [0.1, 0.15) is 5.82 Å². The van der Waals surface area contributed by atoms with Crippen LogP contribution in [0.25, 0.3) is 0 Å². The summed E-state index contributed by atoms with van der Waals surface area (Å²) in [5, 5.41) is 3.28. The van der Waals surface area contributed by atoms with E-state index in [1.165, 1.54) is 6.07 Å². The second-order valence-electron chi connectivity index (χ2n) is 4.24. The van der Waals surface area contributed by atoms with Gasteiger partial charge >= 0.3 is 0 Å². The molecule has 0 aliphatic carbocycles. The molecule has 0 saturated carbocycles. The SMILES string of the molecule is CCN(CC)C(=O)CCNCc1ccc(F)c(Cl)c1. The largest absolute Gasteiger partial charge is 0.343 e. The number of hydrogen-bond donors (Lipinski definition) is 1. The molecule has 3 nitrogen and oxygen atoms in total. The van der Waals surface area contributed by atoms with Gasteiger partial charge in [0.2, 0.25) is 5.91 Å². The van der Waals surface area contributed by atoms with E-state index in [0.717, 1.165) is 18.7 Å². The third kappa shape index (κ3) is 5.17. The zero-order chi connectivity index (χ0) is 14.3. The van der Waals surface area contributed by atoms with Gasteiger partial charge in [-0.3, -0.25) is 4.79 Å². The molecule has 106 valence electrons. The molecule has 0 fully saturated rings. The molecule has 0 bridgehead atoms. The molecule has 0 aliphatic heterocycles. The molecule has 1 N–H and O–H groups in total. The summed E-state index contributed by atoms with van der Waals surface area (Å²) in [5.74, 6) is -0.267. The number of nitrogens with zero attached hydrogens (tertiary/aromatic N) is 1. The van der Waals surface area contributed by atoms with Gasteiger partial charge < -0.3 is 10.2 Å². The summed E-state index contributed by atoms with van der Waals surface area (Å²) in [6, 6.07) is 4.62. The van der Waals surface area contributed by atoms with Crippen LogP contribution in [0.4, 0.5) is 4.39 Å². The minimum atomic E-state index is -0.415. The number of rotatable bonds is 7. The van der Waals surface area contributed by atoms with Gasteiger partial charge in [-0.2, -0.15) is 0 Å². The van der Waals surface area contributed by atoms with Crippen molar-refractivity contribution in [3.8, 4) is 0 Å². The highest BCUT2D eigenvalue weighted by Crippen LogP contribution is 2.15. The van der Waals surface area contributed by atoms with Gasteiger partial charge in [0, 0.05) is 32.6 Å². The Labute approximate surface area is 118 Å². The van der Waals surface area contributed by atoms with Crippen LogP contribution in [0.1, 0.15) is 25.8 Å². The molecule has 0 atom stereocenters. The predicted octanol–water partition coefficient (Wildman–Crippen LogP) is 2.83. The Hall–Kier alpha value is -1.13. The van der Waals surface area contributed by atoms with Crippen LogP contribution in [0.3, 0.4) is 0 Å². The number of halogens is 2. The molecule has 0 saturated heterocycles. The fourth-order valence-electron chi connectivity index (χ4n) is 1.81. The highest BCUT2D eigenvalue weighted by molar-refractivity contribution is 6.30. The smallest absolute Gasteiger partial charge is 0.223 e. The van der Waals surface area contributed by atoms with Crippen LogP contribution < -0.4 is 5.32 Å². The van der Waals surface area contributed by atoms with E-state index in [1.54, 1.807) is 17.0 Å². The summed E-state index contributed by atoms with van der Waals surface area (Å²) in [6.45, 7) is 6.59. The van der Waals surface area contributed by atoms with Crippen molar-refractivity contribution in [2.24, 2.45) is 0 Å². The fourth-order valence-corrected chi connectivity index (χ4v) is 2.02. The van der Waals surface area contributed by atoms with Gasteiger partial charge in [-0.1, -0.05) is 17.7 Å². The lowest BCUT2D eigenvalue weighted by Gasteiger charge is -2.18.